The van der Waals surface area contributed by atoms with Crippen molar-refractivity contribution in [3.05, 3.63) is 33.4 Å². The van der Waals surface area contributed by atoms with Gasteiger partial charge < -0.3 is 10.5 Å². The Bertz CT molecular complexity index is 717. The fourth-order valence-corrected chi connectivity index (χ4v) is 3.12. The molecule has 0 amide bonds. The highest BCUT2D eigenvalue weighted by Crippen LogP contribution is 2.27. The third-order valence-electron chi connectivity index (χ3n) is 3.07. The smallest absolute Gasteiger partial charge is 0.338 e. The van der Waals surface area contributed by atoms with E-state index in [4.69, 9.17) is 10.5 Å². The average molecular weight is 345 g/mol. The number of benzene rings is 1. The highest BCUT2D eigenvalue weighted by Gasteiger charge is 2.26. The molecule has 0 aliphatic carbocycles. The molecule has 9 nitrogen and oxygen atoms in total. The lowest BCUT2D eigenvalue weighted by molar-refractivity contribution is -0.385. The lowest BCUT2D eigenvalue weighted by atomic mass is 10.1. The minimum absolute atomic E-state index is 0.0410. The number of nitro benzene ring substituents is 1. The first-order chi connectivity index (χ1) is 10.6. The summed E-state index contributed by atoms with van der Waals surface area (Å²) in [6.45, 7) is 4.60. The molecule has 3 N–H and O–H groups in total. The highest BCUT2D eigenvalue weighted by atomic mass is 32.2. The SMILES string of the molecule is CCOC(=O)c1cc(S(=O)(=O)N[C@@H](C)CN)cc([N+](=O)[O-])c1C. The van der Waals surface area contributed by atoms with Crippen LogP contribution in [0.4, 0.5) is 5.69 Å². The standard InChI is InChI=1S/C13H19N3O6S/c1-4-22-13(17)11-5-10(6-12(9(11)3)16(18)19)23(20,21)15-8(2)7-14/h5-6,8,15H,4,7,14H2,1-3H3/t8-/m0/s1. The van der Waals surface area contributed by atoms with Gasteiger partial charge in [-0.2, -0.15) is 0 Å². The monoisotopic (exact) mass is 345 g/mol. The van der Waals surface area contributed by atoms with Gasteiger partial charge in [0.25, 0.3) is 5.69 Å². The van der Waals surface area contributed by atoms with Crippen molar-refractivity contribution in [3.8, 4) is 0 Å². The van der Waals surface area contributed by atoms with E-state index in [2.05, 4.69) is 4.72 Å². The van der Waals surface area contributed by atoms with E-state index in [0.29, 0.717) is 0 Å². The molecule has 1 aromatic rings. The summed E-state index contributed by atoms with van der Waals surface area (Å²) >= 11 is 0. The zero-order chi connectivity index (χ0) is 17.8. The molecular formula is C13H19N3O6S. The number of nitro groups is 1. The Hall–Kier alpha value is -2.04. The van der Waals surface area contributed by atoms with Crippen molar-refractivity contribution in [2.45, 2.75) is 31.7 Å². The number of hydrogen-bond donors (Lipinski definition) is 2. The number of sulfonamides is 1. The molecule has 0 aromatic heterocycles. The van der Waals surface area contributed by atoms with E-state index in [1.807, 2.05) is 0 Å². The molecule has 23 heavy (non-hydrogen) atoms. The molecule has 1 aromatic carbocycles. The number of esters is 1. The Labute approximate surface area is 134 Å². The van der Waals surface area contributed by atoms with Gasteiger partial charge in [-0.1, -0.05) is 0 Å². The Morgan fingerprint density at radius 2 is 2.09 bits per heavy atom. The third-order valence-corrected chi connectivity index (χ3v) is 4.63. The van der Waals surface area contributed by atoms with E-state index >= 15 is 0 Å². The van der Waals surface area contributed by atoms with Crippen LogP contribution in [0.25, 0.3) is 0 Å². The van der Waals surface area contributed by atoms with Gasteiger partial charge in [-0.05, 0) is 26.8 Å². The summed E-state index contributed by atoms with van der Waals surface area (Å²) in [4.78, 5) is 21.9. The van der Waals surface area contributed by atoms with E-state index in [1.165, 1.54) is 6.92 Å². The zero-order valence-electron chi connectivity index (χ0n) is 13.0. The molecule has 0 spiro atoms. The topological polar surface area (TPSA) is 142 Å². The van der Waals surface area contributed by atoms with Crippen LogP contribution in [0.2, 0.25) is 0 Å². The summed E-state index contributed by atoms with van der Waals surface area (Å²) in [6.07, 6.45) is 0. The van der Waals surface area contributed by atoms with Gasteiger partial charge in [0, 0.05) is 24.2 Å². The average Bonchev–Trinajstić information content (AvgIpc) is 2.46. The Kier molecular flexibility index (Phi) is 6.19. The van der Waals surface area contributed by atoms with Crippen LogP contribution in [0.15, 0.2) is 17.0 Å². The summed E-state index contributed by atoms with van der Waals surface area (Å²) in [5.41, 5.74) is 4.77. The molecule has 0 saturated carbocycles. The van der Waals surface area contributed by atoms with E-state index in [1.54, 1.807) is 13.8 Å². The van der Waals surface area contributed by atoms with E-state index in [0.717, 1.165) is 12.1 Å². The van der Waals surface area contributed by atoms with Crippen LogP contribution < -0.4 is 10.5 Å². The number of nitrogens with one attached hydrogen (secondary N) is 1. The van der Waals surface area contributed by atoms with Crippen LogP contribution in [0.5, 0.6) is 0 Å². The van der Waals surface area contributed by atoms with Crippen LogP contribution >= 0.6 is 0 Å². The van der Waals surface area contributed by atoms with Gasteiger partial charge >= 0.3 is 5.97 Å². The van der Waals surface area contributed by atoms with Gasteiger partial charge in [-0.3, -0.25) is 10.1 Å². The lowest BCUT2D eigenvalue weighted by Crippen LogP contribution is -2.37. The predicted octanol–water partition coefficient (Wildman–Crippen LogP) is 0.705. The largest absolute Gasteiger partial charge is 0.462 e. The van der Waals surface area contributed by atoms with Gasteiger partial charge in [-0.15, -0.1) is 0 Å². The van der Waals surface area contributed by atoms with Crippen molar-refractivity contribution in [3.63, 3.8) is 0 Å². The molecule has 1 atom stereocenters. The first-order valence-corrected chi connectivity index (χ1v) is 8.30. The van der Waals surface area contributed by atoms with Crippen molar-refractivity contribution in [2.75, 3.05) is 13.2 Å². The fourth-order valence-electron chi connectivity index (χ4n) is 1.82. The van der Waals surface area contributed by atoms with Gasteiger partial charge in [-0.25, -0.2) is 17.9 Å². The van der Waals surface area contributed by atoms with Crippen molar-refractivity contribution in [1.82, 2.24) is 4.72 Å². The second-order valence-corrected chi connectivity index (χ2v) is 6.56. The van der Waals surface area contributed by atoms with Gasteiger partial charge in [0.15, 0.2) is 0 Å². The number of nitrogens with zero attached hydrogens (tertiary/aromatic N) is 1. The van der Waals surface area contributed by atoms with Crippen LogP contribution in [0, 0.1) is 17.0 Å². The molecule has 128 valence electrons. The maximum Gasteiger partial charge on any atom is 0.338 e. The molecule has 0 saturated heterocycles. The zero-order valence-corrected chi connectivity index (χ0v) is 13.8. The Morgan fingerprint density at radius 1 is 1.48 bits per heavy atom. The third kappa shape index (κ3) is 4.47. The van der Waals surface area contributed by atoms with Crippen molar-refractivity contribution in [1.29, 1.82) is 0 Å². The summed E-state index contributed by atoms with van der Waals surface area (Å²) < 4.78 is 31.7. The first kappa shape index (κ1) is 19.0. The van der Waals surface area contributed by atoms with Crippen molar-refractivity contribution >= 4 is 21.7 Å². The van der Waals surface area contributed by atoms with Crippen LogP contribution in [-0.2, 0) is 14.8 Å². The maximum absolute atomic E-state index is 12.3. The van der Waals surface area contributed by atoms with E-state index in [9.17, 15) is 23.3 Å². The summed E-state index contributed by atoms with van der Waals surface area (Å²) in [5.74, 6) is -0.822. The van der Waals surface area contributed by atoms with Crippen molar-refractivity contribution in [2.24, 2.45) is 5.73 Å². The van der Waals surface area contributed by atoms with Gasteiger partial charge in [0.1, 0.15) is 0 Å². The fraction of sp³-hybridized carbons (Fsp3) is 0.462. The summed E-state index contributed by atoms with van der Waals surface area (Å²) in [5, 5.41) is 11.1. The normalized spacial score (nSPS) is 12.7. The van der Waals surface area contributed by atoms with Crippen molar-refractivity contribution < 1.29 is 22.9 Å². The molecule has 0 aliphatic heterocycles. The molecule has 0 aliphatic rings. The second kappa shape index (κ2) is 7.49. The summed E-state index contributed by atoms with van der Waals surface area (Å²) in [6, 6.07) is 1.40. The number of carbonyl (C=O) groups excluding carboxylic acids is 1. The molecule has 0 bridgehead atoms. The van der Waals surface area contributed by atoms with Crippen LogP contribution in [0.3, 0.4) is 0 Å². The number of nitrogens with two attached hydrogens (primary N) is 1. The van der Waals surface area contributed by atoms with Gasteiger partial charge in [0.05, 0.1) is 22.0 Å². The maximum atomic E-state index is 12.3. The molecule has 0 heterocycles. The minimum atomic E-state index is -4.06. The number of carbonyl (C=O) groups is 1. The van der Waals surface area contributed by atoms with E-state index in [-0.39, 0.29) is 24.3 Å². The molecule has 1 rings (SSSR count). The van der Waals surface area contributed by atoms with Gasteiger partial charge in [0.2, 0.25) is 10.0 Å². The molecule has 0 radical (unpaired) electrons. The molecule has 0 fully saturated rings. The Morgan fingerprint density at radius 3 is 2.57 bits per heavy atom. The predicted molar refractivity (Wildman–Crippen MR) is 82.6 cm³/mol. The van der Waals surface area contributed by atoms with E-state index < -0.39 is 37.5 Å². The number of ether oxygens (including phenoxy) is 1. The lowest BCUT2D eigenvalue weighted by Gasteiger charge is -2.14. The van der Waals surface area contributed by atoms with Crippen LogP contribution in [0.1, 0.15) is 29.8 Å². The minimum Gasteiger partial charge on any atom is -0.462 e. The number of hydrogen-bond acceptors (Lipinski definition) is 7. The molecular weight excluding hydrogens is 326 g/mol. The number of rotatable bonds is 7. The molecule has 10 heteroatoms. The quantitative estimate of drug-likeness (QED) is 0.421. The first-order valence-electron chi connectivity index (χ1n) is 6.82. The highest BCUT2D eigenvalue weighted by molar-refractivity contribution is 7.89. The van der Waals surface area contributed by atoms with Crippen LogP contribution in [-0.4, -0.2) is 38.5 Å². The molecule has 0 unspecified atom stereocenters. The Balaban J connectivity index is 3.50. The second-order valence-electron chi connectivity index (χ2n) is 4.85. The summed E-state index contributed by atoms with van der Waals surface area (Å²) in [7, 11) is -4.06.